The Hall–Kier alpha value is -0.960. The average molecular weight is 245 g/mol. The first-order valence-corrected chi connectivity index (χ1v) is 5.66. The van der Waals surface area contributed by atoms with Crippen molar-refractivity contribution < 1.29 is 22.4 Å². The molecule has 1 unspecified atom stereocenters. The Bertz CT molecular complexity index is 318. The lowest BCUT2D eigenvalue weighted by Gasteiger charge is -2.15. The molecule has 0 saturated heterocycles. The van der Waals surface area contributed by atoms with Gasteiger partial charge in [-0.2, -0.15) is 13.5 Å². The summed E-state index contributed by atoms with van der Waals surface area (Å²) in [7, 11) is -4.73. The highest BCUT2D eigenvalue weighted by atomic mass is 32.2. The average Bonchev–Trinajstić information content (AvgIpc) is 2.15. The molecule has 4 N–H and O–H groups in total. The number of oxime groups is 1. The second-order valence-corrected chi connectivity index (χ2v) is 4.47. The van der Waals surface area contributed by atoms with Crippen LogP contribution < -0.4 is 10.5 Å². The van der Waals surface area contributed by atoms with Crippen molar-refractivity contribution in [3.05, 3.63) is 0 Å². The van der Waals surface area contributed by atoms with Crippen molar-refractivity contribution in [2.75, 3.05) is 0 Å². The summed E-state index contributed by atoms with van der Waals surface area (Å²) >= 11 is 0. The lowest BCUT2D eigenvalue weighted by molar-refractivity contribution is 0.231. The van der Waals surface area contributed by atoms with Gasteiger partial charge in [0.2, 0.25) is 0 Å². The second-order valence-electron chi connectivity index (χ2n) is 2.79. The van der Waals surface area contributed by atoms with Crippen molar-refractivity contribution in [1.29, 1.82) is 0 Å². The summed E-state index contributed by atoms with van der Waals surface area (Å²) in [4.78, 5) is 0. The summed E-state index contributed by atoms with van der Waals surface area (Å²) in [5, 5.41) is 10.9. The molecule has 0 aromatic rings. The Morgan fingerprint density at radius 1 is 1.60 bits per heavy atom. The first-order valence-electron chi connectivity index (χ1n) is 4.11. The van der Waals surface area contributed by atoms with E-state index in [4.69, 9.17) is 10.9 Å². The van der Waals surface area contributed by atoms with Crippen LogP contribution in [0.1, 0.15) is 19.8 Å². The van der Waals surface area contributed by atoms with Gasteiger partial charge < -0.3 is 10.9 Å². The van der Waals surface area contributed by atoms with Crippen LogP contribution in [0, 0.1) is 0 Å². The maximum absolute atomic E-state index is 12.0. The van der Waals surface area contributed by atoms with Gasteiger partial charge in [0.05, 0.1) is 6.04 Å². The first-order chi connectivity index (χ1) is 6.85. The van der Waals surface area contributed by atoms with E-state index < -0.39 is 27.7 Å². The third-order valence-electron chi connectivity index (χ3n) is 1.59. The van der Waals surface area contributed by atoms with Crippen LogP contribution in [0.15, 0.2) is 5.16 Å². The van der Waals surface area contributed by atoms with E-state index in [1.165, 1.54) is 0 Å². The van der Waals surface area contributed by atoms with Gasteiger partial charge >= 0.3 is 5.76 Å². The van der Waals surface area contributed by atoms with Crippen LogP contribution in [0.5, 0.6) is 0 Å². The third-order valence-corrected chi connectivity index (χ3v) is 2.67. The number of sulfonamides is 1. The van der Waals surface area contributed by atoms with Crippen LogP contribution in [0.4, 0.5) is 8.78 Å². The smallest absolute Gasteiger partial charge is 0.350 e. The van der Waals surface area contributed by atoms with E-state index in [-0.39, 0.29) is 6.42 Å². The van der Waals surface area contributed by atoms with Gasteiger partial charge in [0, 0.05) is 0 Å². The fourth-order valence-electron chi connectivity index (χ4n) is 0.875. The van der Waals surface area contributed by atoms with E-state index in [2.05, 4.69) is 5.16 Å². The molecule has 0 aliphatic rings. The van der Waals surface area contributed by atoms with Gasteiger partial charge in [-0.3, -0.25) is 0 Å². The summed E-state index contributed by atoms with van der Waals surface area (Å²) in [5.41, 5.74) is 5.14. The van der Waals surface area contributed by atoms with Crippen LogP contribution in [-0.2, 0) is 10.0 Å². The van der Waals surface area contributed by atoms with E-state index in [0.717, 1.165) is 0 Å². The lowest BCUT2D eigenvalue weighted by Crippen LogP contribution is -2.46. The third kappa shape index (κ3) is 4.38. The van der Waals surface area contributed by atoms with Gasteiger partial charge in [0.1, 0.15) is 0 Å². The zero-order chi connectivity index (χ0) is 12.1. The second kappa shape index (κ2) is 5.81. The zero-order valence-corrected chi connectivity index (χ0v) is 8.84. The van der Waals surface area contributed by atoms with Crippen LogP contribution in [0.3, 0.4) is 0 Å². The summed E-state index contributed by atoms with van der Waals surface area (Å²) in [6, 6.07) is -1.11. The highest BCUT2D eigenvalue weighted by Crippen LogP contribution is 2.06. The Balaban J connectivity index is 4.70. The molecule has 0 fully saturated rings. The number of alkyl halides is 2. The fourth-order valence-corrected chi connectivity index (χ4v) is 1.61. The Morgan fingerprint density at radius 2 is 2.13 bits per heavy atom. The van der Waals surface area contributed by atoms with E-state index in [0.29, 0.717) is 6.42 Å². The molecule has 1 atom stereocenters. The molecule has 9 heteroatoms. The minimum Gasteiger partial charge on any atom is -0.409 e. The molecular weight excluding hydrogens is 232 g/mol. The summed E-state index contributed by atoms with van der Waals surface area (Å²) in [5.74, 6) is -3.98. The predicted octanol–water partition coefficient (Wildman–Crippen LogP) is 0.0435. The molecule has 90 valence electrons. The molecule has 0 radical (unpaired) electrons. The Morgan fingerprint density at radius 3 is 2.47 bits per heavy atom. The number of nitrogens with two attached hydrogens (primary N) is 1. The quantitative estimate of drug-likeness (QED) is 0.266. The molecule has 0 spiro atoms. The Labute approximate surface area is 86.2 Å². The molecule has 0 saturated carbocycles. The van der Waals surface area contributed by atoms with Crippen LogP contribution in [0.2, 0.25) is 0 Å². The van der Waals surface area contributed by atoms with Crippen molar-refractivity contribution in [3.8, 4) is 0 Å². The summed E-state index contributed by atoms with van der Waals surface area (Å²) in [6.45, 7) is 1.70. The van der Waals surface area contributed by atoms with E-state index >= 15 is 0 Å². The molecule has 0 aromatic heterocycles. The topological polar surface area (TPSA) is 105 Å². The van der Waals surface area contributed by atoms with E-state index in [1.54, 1.807) is 11.6 Å². The molecule has 0 bridgehead atoms. The summed E-state index contributed by atoms with van der Waals surface area (Å²) in [6.07, 6.45) is 0.661. The predicted molar refractivity (Wildman–Crippen MR) is 50.2 cm³/mol. The van der Waals surface area contributed by atoms with Crippen molar-refractivity contribution in [2.24, 2.45) is 10.9 Å². The minimum atomic E-state index is -4.73. The van der Waals surface area contributed by atoms with Gasteiger partial charge in [0.15, 0.2) is 5.84 Å². The number of nitrogens with one attached hydrogen (secondary N) is 1. The SMILES string of the molecule is CCCC(NS(=O)(=O)C(F)F)/C(N)=N/O. The van der Waals surface area contributed by atoms with Gasteiger partial charge in [-0.25, -0.2) is 8.42 Å². The molecule has 6 nitrogen and oxygen atoms in total. The van der Waals surface area contributed by atoms with Gasteiger partial charge in [-0.1, -0.05) is 18.5 Å². The van der Waals surface area contributed by atoms with Crippen LogP contribution in [0.25, 0.3) is 0 Å². The number of amidine groups is 1. The van der Waals surface area contributed by atoms with Crippen molar-refractivity contribution in [1.82, 2.24) is 4.72 Å². The molecule has 0 aliphatic carbocycles. The molecular formula is C6H13F2N3O3S. The van der Waals surface area contributed by atoms with Crippen molar-refractivity contribution in [3.63, 3.8) is 0 Å². The highest BCUT2D eigenvalue weighted by molar-refractivity contribution is 7.89. The van der Waals surface area contributed by atoms with Gasteiger partial charge in [-0.05, 0) is 6.42 Å². The Kier molecular flexibility index (Phi) is 5.44. The standard InChI is InChI=1S/C6H13F2N3O3S/c1-2-3-4(5(9)10-12)11-15(13,14)6(7)8/h4,6,11-12H,2-3H2,1H3,(H2,9,10). The molecule has 0 heterocycles. The number of hydrogen-bond acceptors (Lipinski definition) is 4. The molecule has 0 rings (SSSR count). The van der Waals surface area contributed by atoms with E-state index in [1.807, 2.05) is 0 Å². The maximum Gasteiger partial charge on any atom is 0.350 e. The highest BCUT2D eigenvalue weighted by Gasteiger charge is 2.28. The largest absolute Gasteiger partial charge is 0.409 e. The number of hydrogen-bond donors (Lipinski definition) is 3. The monoisotopic (exact) mass is 245 g/mol. The summed E-state index contributed by atoms with van der Waals surface area (Å²) < 4.78 is 47.2. The van der Waals surface area contributed by atoms with Crippen LogP contribution in [-0.4, -0.2) is 31.3 Å². The molecule has 0 amide bonds. The van der Waals surface area contributed by atoms with Crippen molar-refractivity contribution >= 4 is 15.9 Å². The fraction of sp³-hybridized carbons (Fsp3) is 0.833. The number of rotatable bonds is 6. The minimum absolute atomic E-state index is 0.168. The van der Waals surface area contributed by atoms with Crippen molar-refractivity contribution in [2.45, 2.75) is 31.6 Å². The molecule has 0 aromatic carbocycles. The van der Waals surface area contributed by atoms with Crippen LogP contribution >= 0.6 is 0 Å². The number of nitrogens with zero attached hydrogens (tertiary/aromatic N) is 1. The number of halogens is 2. The lowest BCUT2D eigenvalue weighted by atomic mass is 10.2. The van der Waals surface area contributed by atoms with Gasteiger partial charge in [0.25, 0.3) is 10.0 Å². The zero-order valence-electron chi connectivity index (χ0n) is 8.02. The van der Waals surface area contributed by atoms with E-state index in [9.17, 15) is 17.2 Å². The van der Waals surface area contributed by atoms with Gasteiger partial charge in [-0.15, -0.1) is 0 Å². The molecule has 0 aliphatic heterocycles. The molecule has 15 heavy (non-hydrogen) atoms. The maximum atomic E-state index is 12.0. The first kappa shape index (κ1) is 14.0. The normalized spacial score (nSPS) is 15.6.